The van der Waals surface area contributed by atoms with Crippen LogP contribution >= 0.6 is 0 Å². The third-order valence-corrected chi connectivity index (χ3v) is 4.40. The van der Waals surface area contributed by atoms with Gasteiger partial charge in [-0.25, -0.2) is 0 Å². The predicted molar refractivity (Wildman–Crippen MR) is 76.6 cm³/mol. The molecule has 1 atom stereocenters. The summed E-state index contributed by atoms with van der Waals surface area (Å²) >= 11 is 0. The van der Waals surface area contributed by atoms with Crippen molar-refractivity contribution < 1.29 is 4.79 Å². The highest BCUT2D eigenvalue weighted by atomic mass is 16.1. The van der Waals surface area contributed by atoms with Gasteiger partial charge in [-0.15, -0.1) is 0 Å². The molecular formula is C14H23N5O. The summed E-state index contributed by atoms with van der Waals surface area (Å²) in [6.07, 6.45) is 3.48. The number of carbonyl (C=O) groups is 1. The van der Waals surface area contributed by atoms with E-state index in [-0.39, 0.29) is 5.91 Å². The molecule has 0 saturated heterocycles. The summed E-state index contributed by atoms with van der Waals surface area (Å²) in [5, 5.41) is 13.4. The lowest BCUT2D eigenvalue weighted by atomic mass is 10.1. The molecule has 1 aliphatic carbocycles. The second-order valence-electron chi connectivity index (χ2n) is 5.91. The lowest BCUT2D eigenvalue weighted by Gasteiger charge is -2.24. The number of aromatic nitrogens is 2. The van der Waals surface area contributed by atoms with Crippen molar-refractivity contribution in [3.63, 3.8) is 0 Å². The zero-order chi connectivity index (χ0) is 14.1. The summed E-state index contributed by atoms with van der Waals surface area (Å²) in [6.45, 7) is 4.49. The van der Waals surface area contributed by atoms with Gasteiger partial charge in [-0.05, 0) is 26.8 Å². The second-order valence-corrected chi connectivity index (χ2v) is 5.91. The Bertz CT molecular complexity index is 494. The first-order valence-corrected chi connectivity index (χ1v) is 7.43. The van der Waals surface area contributed by atoms with Crippen molar-refractivity contribution in [3.05, 3.63) is 17.0 Å². The average Bonchev–Trinajstić information content (AvgIpc) is 3.23. The van der Waals surface area contributed by atoms with Gasteiger partial charge in [0.15, 0.2) is 5.69 Å². The number of nitrogens with one attached hydrogen (secondary N) is 3. The van der Waals surface area contributed by atoms with Gasteiger partial charge < -0.3 is 10.6 Å². The Labute approximate surface area is 119 Å². The monoisotopic (exact) mass is 277 g/mol. The Morgan fingerprint density at radius 1 is 1.55 bits per heavy atom. The molecule has 1 fully saturated rings. The fourth-order valence-electron chi connectivity index (χ4n) is 2.72. The second kappa shape index (κ2) is 5.54. The van der Waals surface area contributed by atoms with Crippen molar-refractivity contribution in [2.24, 2.45) is 0 Å². The molecule has 0 aromatic carbocycles. The highest BCUT2D eigenvalue weighted by molar-refractivity contribution is 5.94. The van der Waals surface area contributed by atoms with Gasteiger partial charge in [-0.1, -0.05) is 0 Å². The van der Waals surface area contributed by atoms with Crippen molar-refractivity contribution in [3.8, 4) is 0 Å². The number of amides is 1. The number of H-pyrrole nitrogens is 1. The van der Waals surface area contributed by atoms with Gasteiger partial charge in [-0.2, -0.15) is 5.10 Å². The average molecular weight is 277 g/mol. The van der Waals surface area contributed by atoms with E-state index in [1.54, 1.807) is 0 Å². The normalized spacial score (nSPS) is 19.8. The molecular weight excluding hydrogens is 254 g/mol. The summed E-state index contributed by atoms with van der Waals surface area (Å²) in [5.41, 5.74) is 2.67. The third-order valence-electron chi connectivity index (χ3n) is 4.40. The van der Waals surface area contributed by atoms with Crippen LogP contribution in [0.25, 0.3) is 0 Å². The maximum absolute atomic E-state index is 12.3. The molecule has 1 aromatic heterocycles. The van der Waals surface area contributed by atoms with Gasteiger partial charge in [0, 0.05) is 49.4 Å². The zero-order valence-electron chi connectivity index (χ0n) is 12.2. The molecule has 3 N–H and O–H groups in total. The topological polar surface area (TPSA) is 73.0 Å². The van der Waals surface area contributed by atoms with Crippen molar-refractivity contribution in [1.82, 2.24) is 25.7 Å². The largest absolute Gasteiger partial charge is 0.349 e. The lowest BCUT2D eigenvalue weighted by Crippen LogP contribution is -2.41. The molecule has 0 radical (unpaired) electrons. The van der Waals surface area contributed by atoms with Gasteiger partial charge in [0.25, 0.3) is 5.91 Å². The fourth-order valence-corrected chi connectivity index (χ4v) is 2.72. The Morgan fingerprint density at radius 2 is 2.35 bits per heavy atom. The Morgan fingerprint density at radius 3 is 3.10 bits per heavy atom. The smallest absolute Gasteiger partial charge is 0.272 e. The predicted octanol–water partition coefficient (Wildman–Crippen LogP) is 0.268. The standard InChI is InChI=1S/C14H23N5O/c1-9(19(2)10-3-4-10)7-16-14(20)13-11-8-15-6-5-12(11)17-18-13/h9-10,15H,3-8H2,1-2H3,(H,16,20)(H,17,18). The molecule has 6 heteroatoms. The molecule has 2 heterocycles. The molecule has 2 aliphatic rings. The van der Waals surface area contributed by atoms with Gasteiger partial charge in [0.2, 0.25) is 0 Å². The SMILES string of the molecule is CC(CNC(=O)c1n[nH]c2c1CNCC2)N(C)C1CC1. The first kappa shape index (κ1) is 13.6. The van der Waals surface area contributed by atoms with Gasteiger partial charge in [-0.3, -0.25) is 14.8 Å². The quantitative estimate of drug-likeness (QED) is 0.722. The maximum atomic E-state index is 12.3. The molecule has 0 bridgehead atoms. The van der Waals surface area contributed by atoms with Crippen molar-refractivity contribution in [2.75, 3.05) is 20.1 Å². The van der Waals surface area contributed by atoms with E-state index in [2.05, 4.69) is 39.7 Å². The van der Waals surface area contributed by atoms with Crippen LogP contribution in [0, 0.1) is 0 Å². The molecule has 0 spiro atoms. The Balaban J connectivity index is 1.57. The molecule has 1 saturated carbocycles. The van der Waals surface area contributed by atoms with Gasteiger partial charge in [0.1, 0.15) is 0 Å². The summed E-state index contributed by atoms with van der Waals surface area (Å²) in [6, 6.07) is 1.07. The Kier molecular flexibility index (Phi) is 3.76. The lowest BCUT2D eigenvalue weighted by molar-refractivity contribution is 0.0933. The number of carbonyl (C=O) groups excluding carboxylic acids is 1. The minimum Gasteiger partial charge on any atom is -0.349 e. The molecule has 1 aromatic rings. The van der Waals surface area contributed by atoms with E-state index in [0.717, 1.165) is 30.8 Å². The molecule has 6 nitrogen and oxygen atoms in total. The van der Waals surface area contributed by atoms with E-state index in [1.165, 1.54) is 12.8 Å². The van der Waals surface area contributed by atoms with Gasteiger partial charge >= 0.3 is 0 Å². The third kappa shape index (κ3) is 2.71. The van der Waals surface area contributed by atoms with Crippen LogP contribution in [-0.2, 0) is 13.0 Å². The molecule has 20 heavy (non-hydrogen) atoms. The number of likely N-dealkylation sites (N-methyl/N-ethyl adjacent to an activating group) is 1. The molecule has 110 valence electrons. The van der Waals surface area contributed by atoms with Gasteiger partial charge in [0.05, 0.1) is 0 Å². The number of nitrogens with zero attached hydrogens (tertiary/aromatic N) is 2. The van der Waals surface area contributed by atoms with Crippen molar-refractivity contribution in [1.29, 1.82) is 0 Å². The van der Waals surface area contributed by atoms with E-state index in [0.29, 0.717) is 24.3 Å². The van der Waals surface area contributed by atoms with E-state index < -0.39 is 0 Å². The highest BCUT2D eigenvalue weighted by Gasteiger charge is 2.29. The number of rotatable bonds is 5. The maximum Gasteiger partial charge on any atom is 0.272 e. The van der Waals surface area contributed by atoms with Crippen molar-refractivity contribution >= 4 is 5.91 Å². The number of aromatic amines is 1. The molecule has 1 aliphatic heterocycles. The fraction of sp³-hybridized carbons (Fsp3) is 0.714. The van der Waals surface area contributed by atoms with E-state index in [1.807, 2.05) is 0 Å². The highest BCUT2D eigenvalue weighted by Crippen LogP contribution is 2.26. The first-order valence-electron chi connectivity index (χ1n) is 7.43. The van der Waals surface area contributed by atoms with E-state index in [4.69, 9.17) is 0 Å². The van der Waals surface area contributed by atoms with E-state index >= 15 is 0 Å². The number of hydrogen-bond donors (Lipinski definition) is 3. The van der Waals surface area contributed by atoms with Crippen LogP contribution in [0.2, 0.25) is 0 Å². The Hall–Kier alpha value is -1.40. The first-order chi connectivity index (χ1) is 9.66. The molecule has 1 amide bonds. The molecule has 3 rings (SSSR count). The van der Waals surface area contributed by atoms with Crippen LogP contribution in [0.5, 0.6) is 0 Å². The van der Waals surface area contributed by atoms with Crippen LogP contribution in [0.1, 0.15) is 41.5 Å². The van der Waals surface area contributed by atoms with Crippen LogP contribution < -0.4 is 10.6 Å². The number of fused-ring (bicyclic) bond motifs is 1. The number of hydrogen-bond acceptors (Lipinski definition) is 4. The van der Waals surface area contributed by atoms with Crippen LogP contribution in [0.3, 0.4) is 0 Å². The molecule has 1 unspecified atom stereocenters. The minimum absolute atomic E-state index is 0.0674. The zero-order valence-corrected chi connectivity index (χ0v) is 12.2. The van der Waals surface area contributed by atoms with E-state index in [9.17, 15) is 4.79 Å². The van der Waals surface area contributed by atoms with Crippen LogP contribution in [0.4, 0.5) is 0 Å². The minimum atomic E-state index is -0.0674. The summed E-state index contributed by atoms with van der Waals surface area (Å²) in [4.78, 5) is 14.6. The van der Waals surface area contributed by atoms with Crippen LogP contribution in [-0.4, -0.2) is 53.2 Å². The van der Waals surface area contributed by atoms with Crippen LogP contribution in [0.15, 0.2) is 0 Å². The summed E-state index contributed by atoms with van der Waals surface area (Å²) < 4.78 is 0. The summed E-state index contributed by atoms with van der Waals surface area (Å²) in [7, 11) is 2.13. The summed E-state index contributed by atoms with van der Waals surface area (Å²) in [5.74, 6) is -0.0674. The van der Waals surface area contributed by atoms with Crippen molar-refractivity contribution in [2.45, 2.75) is 44.8 Å².